The first-order valence-corrected chi connectivity index (χ1v) is 12.0. The van der Waals surface area contributed by atoms with Crippen molar-refractivity contribution in [1.29, 1.82) is 0 Å². The predicted octanol–water partition coefficient (Wildman–Crippen LogP) is 2.26. The van der Waals surface area contributed by atoms with Crippen LogP contribution in [0.15, 0.2) is 45.5 Å². The molecule has 12 heteroatoms. The highest BCUT2D eigenvalue weighted by Crippen LogP contribution is 2.54. The minimum atomic E-state index is -2.13. The minimum Gasteiger partial charge on any atom is -0.511 e. The van der Waals surface area contributed by atoms with Gasteiger partial charge in [0.05, 0.1) is 17.4 Å². The highest BCUT2D eigenvalue weighted by atomic mass is 16.5. The maximum absolute atomic E-state index is 14.1. The minimum absolute atomic E-state index is 0.0421. The number of amides is 1. The number of phenols is 1. The third-order valence-corrected chi connectivity index (χ3v) is 7.95. The van der Waals surface area contributed by atoms with Crippen LogP contribution in [0.1, 0.15) is 39.1 Å². The number of ketones is 2. The molecule has 12 nitrogen and oxygen atoms in total. The van der Waals surface area contributed by atoms with Gasteiger partial charge in [0.1, 0.15) is 28.4 Å². The molecule has 3 aliphatic carbocycles. The van der Waals surface area contributed by atoms with Gasteiger partial charge in [-0.05, 0) is 36.5 Å². The molecule has 0 saturated carbocycles. The van der Waals surface area contributed by atoms with Crippen LogP contribution in [0.25, 0.3) is 11.3 Å². The van der Waals surface area contributed by atoms with Crippen molar-refractivity contribution in [2.24, 2.45) is 17.6 Å². The molecule has 2 aromatic rings. The molecule has 1 heterocycles. The van der Waals surface area contributed by atoms with Crippen molar-refractivity contribution in [3.63, 3.8) is 0 Å². The van der Waals surface area contributed by atoms with Gasteiger partial charge in [-0.1, -0.05) is 0 Å². The summed E-state index contributed by atoms with van der Waals surface area (Å²) in [7, 11) is 4.58. The second-order valence-electron chi connectivity index (χ2n) is 10.1. The number of hydrogen-bond donors (Lipinski definition) is 5. The van der Waals surface area contributed by atoms with E-state index < -0.39 is 63.7 Å². The Labute approximate surface area is 221 Å². The number of nitrogens with zero attached hydrogens (tertiary/aromatic N) is 1. The monoisotopic (exact) mass is 538 g/mol. The average Bonchev–Trinajstić information content (AvgIpc) is 3.33. The van der Waals surface area contributed by atoms with Crippen LogP contribution in [0.5, 0.6) is 5.75 Å². The number of aromatic carboxylic acids is 1. The Hall–Kier alpha value is -4.58. The molecule has 204 valence electrons. The highest BCUT2D eigenvalue weighted by molar-refractivity contribution is 6.25. The van der Waals surface area contributed by atoms with E-state index in [0.29, 0.717) is 11.3 Å². The molecule has 6 N–H and O–H groups in total. The number of phenolic OH excluding ortho intramolecular Hbond substituents is 1. The lowest BCUT2D eigenvalue weighted by molar-refractivity contribution is -0.149. The zero-order chi connectivity index (χ0) is 28.5. The molecular formula is C27H26N2O10. The second kappa shape index (κ2) is 8.73. The number of furan rings is 1. The van der Waals surface area contributed by atoms with Crippen LogP contribution in [0, 0.1) is 11.8 Å². The van der Waals surface area contributed by atoms with Crippen LogP contribution < -0.4 is 10.6 Å². The van der Waals surface area contributed by atoms with Crippen molar-refractivity contribution in [3.8, 4) is 17.1 Å². The molecule has 3 atom stereocenters. The largest absolute Gasteiger partial charge is 0.511 e. The number of fused-ring (bicyclic) bond motifs is 3. The number of anilines is 1. The topological polar surface area (TPSA) is 201 Å². The van der Waals surface area contributed by atoms with E-state index in [1.165, 1.54) is 12.1 Å². The Balaban J connectivity index is 1.76. The van der Waals surface area contributed by atoms with Gasteiger partial charge >= 0.3 is 5.97 Å². The first kappa shape index (κ1) is 26.0. The summed E-state index contributed by atoms with van der Waals surface area (Å²) in [5.74, 6) is -7.68. The zero-order valence-electron chi connectivity index (χ0n) is 21.3. The lowest BCUT2D eigenvalue weighted by Gasteiger charge is -2.47. The van der Waals surface area contributed by atoms with E-state index in [1.807, 2.05) is 0 Å². The fraction of sp³-hybridized carbons (Fsp3) is 0.333. The third-order valence-electron chi connectivity index (χ3n) is 7.95. The van der Waals surface area contributed by atoms with Crippen molar-refractivity contribution in [2.75, 3.05) is 26.1 Å². The van der Waals surface area contributed by atoms with Gasteiger partial charge < -0.3 is 40.2 Å². The molecule has 5 rings (SSSR count). The van der Waals surface area contributed by atoms with Crippen molar-refractivity contribution in [2.45, 2.75) is 24.9 Å². The number of carbonyl (C=O) groups excluding carboxylic acids is 3. The highest BCUT2D eigenvalue weighted by Gasteiger charge is 2.61. The van der Waals surface area contributed by atoms with Crippen LogP contribution >= 0.6 is 0 Å². The molecule has 0 saturated heterocycles. The van der Waals surface area contributed by atoms with Gasteiger partial charge in [0.25, 0.3) is 5.91 Å². The van der Waals surface area contributed by atoms with Gasteiger partial charge in [-0.15, -0.1) is 0 Å². The number of allylic oxidation sites excluding steroid dienone is 2. The standard InChI is InChI=1S/C27H26N2O10/c1-29(2)15-9-14(22-12(26(36)37)4-5-39-22)20(31)18-13(15)7-10-6-11-8-16(30)19(25(28)35)24(34)27(11,38-3)23(33)17(10)21(18)32/h4-5,9-11,30-31,33H,6-8H2,1-3H3,(H2,28,35)(H,36,37)/t10-,11+,27+/m1/s1. The van der Waals surface area contributed by atoms with Crippen molar-refractivity contribution in [1.82, 2.24) is 0 Å². The van der Waals surface area contributed by atoms with E-state index in [4.69, 9.17) is 14.9 Å². The molecule has 39 heavy (non-hydrogen) atoms. The summed E-state index contributed by atoms with van der Waals surface area (Å²) in [6, 6.07) is 2.75. The lowest BCUT2D eigenvalue weighted by atomic mass is 9.60. The quantitative estimate of drug-likeness (QED) is 0.350. The van der Waals surface area contributed by atoms with E-state index in [9.17, 15) is 39.6 Å². The fourth-order valence-electron chi connectivity index (χ4n) is 6.26. The normalized spacial score (nSPS) is 24.3. The number of carboxylic acids is 1. The maximum atomic E-state index is 14.1. The molecule has 0 aliphatic heterocycles. The number of ether oxygens (including phenoxy) is 1. The summed E-state index contributed by atoms with van der Waals surface area (Å²) in [6.07, 6.45) is 1.27. The van der Waals surface area contributed by atoms with Crippen LogP contribution in [0.4, 0.5) is 5.69 Å². The number of aliphatic hydroxyl groups excluding tert-OH is 2. The van der Waals surface area contributed by atoms with E-state index >= 15 is 0 Å². The predicted molar refractivity (Wildman–Crippen MR) is 135 cm³/mol. The van der Waals surface area contributed by atoms with Crippen molar-refractivity contribution in [3.05, 3.63) is 57.8 Å². The van der Waals surface area contributed by atoms with E-state index in [1.54, 1.807) is 19.0 Å². The number of aliphatic hydroxyl groups is 2. The van der Waals surface area contributed by atoms with E-state index in [0.717, 1.165) is 13.4 Å². The summed E-state index contributed by atoms with van der Waals surface area (Å²) in [5.41, 5.74) is 2.84. The van der Waals surface area contributed by atoms with Crippen molar-refractivity contribution >= 4 is 29.1 Å². The molecular weight excluding hydrogens is 512 g/mol. The Morgan fingerprint density at radius 3 is 2.46 bits per heavy atom. The SMILES string of the molecule is CO[C@@]12C(=O)C(C(N)=O)=C(O)C[C@@H]1C[C@@H]1Cc3c(N(C)C)cc(-c4occc4C(=O)O)c(O)c3C(=O)C1=C2O. The van der Waals surface area contributed by atoms with Crippen LogP contribution in [0.3, 0.4) is 0 Å². The molecule has 0 fully saturated rings. The number of Topliss-reactive ketones (excluding diaryl/α,β-unsaturated/α-hetero) is 2. The molecule has 1 aromatic carbocycles. The summed E-state index contributed by atoms with van der Waals surface area (Å²) >= 11 is 0. The summed E-state index contributed by atoms with van der Waals surface area (Å²) in [4.78, 5) is 52.9. The second-order valence-corrected chi connectivity index (χ2v) is 10.1. The number of benzene rings is 1. The van der Waals surface area contributed by atoms with Gasteiger partial charge in [-0.25, -0.2) is 4.79 Å². The number of carboxylic acid groups (broad SMARTS) is 1. The summed E-state index contributed by atoms with van der Waals surface area (Å²) < 4.78 is 10.9. The molecule has 1 amide bonds. The molecule has 0 spiro atoms. The van der Waals surface area contributed by atoms with Gasteiger partial charge in [-0.3, -0.25) is 14.4 Å². The van der Waals surface area contributed by atoms with Gasteiger partial charge in [0, 0.05) is 44.8 Å². The van der Waals surface area contributed by atoms with E-state index in [-0.39, 0.29) is 47.3 Å². The number of hydrogen-bond acceptors (Lipinski definition) is 10. The number of aromatic hydroxyl groups is 1. The van der Waals surface area contributed by atoms with Crippen LogP contribution in [-0.4, -0.2) is 70.7 Å². The summed E-state index contributed by atoms with van der Waals surface area (Å²) in [5, 5.41) is 42.8. The Kier molecular flexibility index (Phi) is 5.83. The van der Waals surface area contributed by atoms with Crippen LogP contribution in [-0.2, 0) is 20.7 Å². The third kappa shape index (κ3) is 3.41. The number of carbonyl (C=O) groups is 4. The maximum Gasteiger partial charge on any atom is 0.339 e. The average molecular weight is 539 g/mol. The Morgan fingerprint density at radius 1 is 1.18 bits per heavy atom. The van der Waals surface area contributed by atoms with Gasteiger partial charge in [0.15, 0.2) is 17.1 Å². The molecule has 3 aliphatic rings. The number of nitrogens with two attached hydrogens (primary N) is 1. The van der Waals surface area contributed by atoms with Gasteiger partial charge in [0.2, 0.25) is 5.78 Å². The zero-order valence-corrected chi connectivity index (χ0v) is 21.3. The Bertz CT molecular complexity index is 1550. The first-order valence-electron chi connectivity index (χ1n) is 12.0. The van der Waals surface area contributed by atoms with Crippen LogP contribution in [0.2, 0.25) is 0 Å². The molecule has 1 aromatic heterocycles. The number of methoxy groups -OCH3 is 1. The fourth-order valence-corrected chi connectivity index (χ4v) is 6.26. The molecule has 0 unspecified atom stereocenters. The Morgan fingerprint density at radius 2 is 1.87 bits per heavy atom. The van der Waals surface area contributed by atoms with Gasteiger partial charge in [-0.2, -0.15) is 0 Å². The molecule has 0 radical (unpaired) electrons. The lowest BCUT2D eigenvalue weighted by Crippen LogP contribution is -2.58. The number of rotatable bonds is 5. The smallest absolute Gasteiger partial charge is 0.339 e. The first-order chi connectivity index (χ1) is 18.4. The molecule has 0 bridgehead atoms. The van der Waals surface area contributed by atoms with E-state index in [2.05, 4.69) is 0 Å². The summed E-state index contributed by atoms with van der Waals surface area (Å²) in [6.45, 7) is 0. The van der Waals surface area contributed by atoms with Crippen molar-refractivity contribution < 1.29 is 48.8 Å². The number of primary amides is 1.